The van der Waals surface area contributed by atoms with Crippen molar-refractivity contribution < 1.29 is 24.0 Å². The average molecular weight is 479 g/mol. The van der Waals surface area contributed by atoms with Crippen LogP contribution >= 0.6 is 24.0 Å². The van der Waals surface area contributed by atoms with Crippen LogP contribution in [0.1, 0.15) is 52.0 Å². The Balaban J connectivity index is 2.07. The van der Waals surface area contributed by atoms with Crippen LogP contribution in [0.4, 0.5) is 0 Å². The highest BCUT2D eigenvalue weighted by Gasteiger charge is 2.39. The largest absolute Gasteiger partial charge is 0.348 e. The standard InChI is InChI=1S/C23H30N2O5S2/c1-15(20(21(29)24(4)5)32-22(31)16-9-7-6-8-10-16)23(2,3)14-13-19(28)30-25-17(26)11-12-18(25)27/h6-10,15,20H,11-14H2,1-5H3. The summed E-state index contributed by atoms with van der Waals surface area (Å²) in [5, 5.41) is 0.121. The second-order valence-corrected chi connectivity index (χ2v) is 10.6. The van der Waals surface area contributed by atoms with Crippen molar-refractivity contribution in [3.8, 4) is 0 Å². The lowest BCUT2D eigenvalue weighted by Crippen LogP contribution is -2.42. The fourth-order valence-electron chi connectivity index (χ4n) is 3.25. The highest BCUT2D eigenvalue weighted by atomic mass is 32.2. The minimum absolute atomic E-state index is 0.0189. The SMILES string of the molecule is CC(C(SC(=S)c1ccccc1)C(=O)N(C)C)C(C)(C)CCC(=O)ON1C(=O)CCC1=O. The number of hydrogen-bond acceptors (Lipinski definition) is 7. The second-order valence-electron chi connectivity index (χ2n) is 8.75. The Bertz CT molecular complexity index is 870. The molecule has 1 aliphatic rings. The summed E-state index contributed by atoms with van der Waals surface area (Å²) in [7, 11) is 3.42. The van der Waals surface area contributed by atoms with Gasteiger partial charge in [0.05, 0.1) is 9.45 Å². The Labute approximate surface area is 198 Å². The molecule has 2 rings (SSSR count). The summed E-state index contributed by atoms with van der Waals surface area (Å²) in [6.45, 7) is 5.95. The van der Waals surface area contributed by atoms with Gasteiger partial charge in [-0.05, 0) is 23.3 Å². The van der Waals surface area contributed by atoms with Gasteiger partial charge in [-0.3, -0.25) is 14.4 Å². The van der Waals surface area contributed by atoms with Crippen LogP contribution in [-0.4, -0.2) is 57.2 Å². The maximum absolute atomic E-state index is 13.0. The smallest absolute Gasteiger partial charge is 0.333 e. The van der Waals surface area contributed by atoms with Crippen molar-refractivity contribution in [3.05, 3.63) is 35.9 Å². The number of benzene rings is 1. The molecule has 2 unspecified atom stereocenters. The zero-order chi connectivity index (χ0) is 24.1. The third kappa shape index (κ3) is 6.62. The van der Waals surface area contributed by atoms with Gasteiger partial charge < -0.3 is 9.74 Å². The number of hydrogen-bond donors (Lipinski definition) is 0. The Kier molecular flexibility index (Phi) is 8.98. The van der Waals surface area contributed by atoms with Crippen LogP contribution in [-0.2, 0) is 24.0 Å². The van der Waals surface area contributed by atoms with Gasteiger partial charge in [0, 0.05) is 33.4 Å². The van der Waals surface area contributed by atoms with Gasteiger partial charge in [-0.1, -0.05) is 63.3 Å². The quantitative estimate of drug-likeness (QED) is 0.396. The summed E-state index contributed by atoms with van der Waals surface area (Å²) in [5.74, 6) is -1.83. The number of thiocarbonyl (C=S) groups is 1. The molecule has 1 aromatic carbocycles. The molecule has 9 heteroatoms. The van der Waals surface area contributed by atoms with Gasteiger partial charge in [-0.2, -0.15) is 0 Å². The second kappa shape index (κ2) is 11.0. The lowest BCUT2D eigenvalue weighted by Gasteiger charge is -2.37. The van der Waals surface area contributed by atoms with Crippen LogP contribution in [0.3, 0.4) is 0 Å². The Morgan fingerprint density at radius 3 is 2.25 bits per heavy atom. The van der Waals surface area contributed by atoms with Crippen molar-refractivity contribution in [1.29, 1.82) is 0 Å². The lowest BCUT2D eigenvalue weighted by molar-refractivity contribution is -0.197. The van der Waals surface area contributed by atoms with Crippen molar-refractivity contribution in [2.24, 2.45) is 11.3 Å². The van der Waals surface area contributed by atoms with E-state index in [2.05, 4.69) is 0 Å². The van der Waals surface area contributed by atoms with E-state index in [1.807, 2.05) is 51.1 Å². The van der Waals surface area contributed by atoms with Crippen LogP contribution in [0.2, 0.25) is 0 Å². The zero-order valence-electron chi connectivity index (χ0n) is 19.1. The predicted octanol–water partition coefficient (Wildman–Crippen LogP) is 3.60. The van der Waals surface area contributed by atoms with Gasteiger partial charge in [0.1, 0.15) is 0 Å². The van der Waals surface area contributed by atoms with Crippen LogP contribution in [0.15, 0.2) is 30.3 Å². The molecule has 3 amide bonds. The Hall–Kier alpha value is -2.26. The molecular formula is C23H30N2O5S2. The van der Waals surface area contributed by atoms with Gasteiger partial charge in [-0.25, -0.2) is 4.79 Å². The summed E-state index contributed by atoms with van der Waals surface area (Å²) in [5.41, 5.74) is 0.464. The molecule has 0 spiro atoms. The summed E-state index contributed by atoms with van der Waals surface area (Å²) in [6, 6.07) is 9.55. The summed E-state index contributed by atoms with van der Waals surface area (Å²) in [4.78, 5) is 55.1. The van der Waals surface area contributed by atoms with E-state index >= 15 is 0 Å². The van der Waals surface area contributed by atoms with Gasteiger partial charge in [0.2, 0.25) is 5.91 Å². The molecule has 1 saturated heterocycles. The normalized spacial score (nSPS) is 16.0. The Morgan fingerprint density at radius 2 is 1.72 bits per heavy atom. The highest BCUT2D eigenvalue weighted by molar-refractivity contribution is 8.24. The zero-order valence-corrected chi connectivity index (χ0v) is 20.8. The molecule has 1 aromatic rings. The molecular weight excluding hydrogens is 448 g/mol. The van der Waals surface area contributed by atoms with Crippen LogP contribution in [0, 0.1) is 11.3 Å². The third-order valence-corrected chi connectivity index (χ3v) is 7.62. The average Bonchev–Trinajstić information content (AvgIpc) is 3.07. The minimum Gasteiger partial charge on any atom is -0.348 e. The van der Waals surface area contributed by atoms with E-state index in [1.54, 1.807) is 19.0 Å². The van der Waals surface area contributed by atoms with Crippen molar-refractivity contribution in [2.75, 3.05) is 14.1 Å². The van der Waals surface area contributed by atoms with E-state index in [4.69, 9.17) is 17.1 Å². The molecule has 0 aliphatic carbocycles. The number of thioether (sulfide) groups is 1. The fourth-order valence-corrected chi connectivity index (χ4v) is 5.08. The molecule has 1 fully saturated rings. The maximum Gasteiger partial charge on any atom is 0.333 e. The van der Waals surface area contributed by atoms with Crippen LogP contribution in [0.25, 0.3) is 0 Å². The third-order valence-electron chi connectivity index (χ3n) is 5.79. The first-order chi connectivity index (χ1) is 14.9. The maximum atomic E-state index is 13.0. The number of amides is 3. The minimum atomic E-state index is -0.642. The van der Waals surface area contributed by atoms with E-state index in [1.165, 1.54) is 11.8 Å². The monoisotopic (exact) mass is 478 g/mol. The van der Waals surface area contributed by atoms with Gasteiger partial charge in [-0.15, -0.1) is 16.8 Å². The van der Waals surface area contributed by atoms with Gasteiger partial charge in [0.15, 0.2) is 0 Å². The van der Waals surface area contributed by atoms with Gasteiger partial charge in [0.25, 0.3) is 11.8 Å². The van der Waals surface area contributed by atoms with E-state index in [0.717, 1.165) is 5.56 Å². The lowest BCUT2D eigenvalue weighted by atomic mass is 9.74. The molecule has 174 valence electrons. The fraction of sp³-hybridized carbons (Fsp3) is 0.522. The predicted molar refractivity (Wildman–Crippen MR) is 128 cm³/mol. The molecule has 0 aromatic heterocycles. The first kappa shape index (κ1) is 26.0. The highest BCUT2D eigenvalue weighted by Crippen LogP contribution is 2.40. The molecule has 0 bridgehead atoms. The van der Waals surface area contributed by atoms with Crippen molar-refractivity contribution in [2.45, 2.75) is 51.7 Å². The molecule has 2 atom stereocenters. The molecule has 1 aliphatic heterocycles. The van der Waals surface area contributed by atoms with E-state index in [9.17, 15) is 19.2 Å². The van der Waals surface area contributed by atoms with Crippen LogP contribution in [0.5, 0.6) is 0 Å². The number of carbonyl (C=O) groups excluding carboxylic acids is 4. The number of carbonyl (C=O) groups is 4. The summed E-state index contributed by atoms with van der Waals surface area (Å²) < 4.78 is 0.638. The first-order valence-electron chi connectivity index (χ1n) is 10.5. The Morgan fingerprint density at radius 1 is 1.16 bits per heavy atom. The van der Waals surface area contributed by atoms with Crippen molar-refractivity contribution in [1.82, 2.24) is 9.96 Å². The number of nitrogens with zero attached hydrogens (tertiary/aromatic N) is 2. The van der Waals surface area contributed by atoms with Crippen LogP contribution < -0.4 is 0 Å². The van der Waals surface area contributed by atoms with Gasteiger partial charge >= 0.3 is 5.97 Å². The number of rotatable bonds is 9. The molecule has 32 heavy (non-hydrogen) atoms. The van der Waals surface area contributed by atoms with E-state index in [0.29, 0.717) is 15.7 Å². The summed E-state index contributed by atoms with van der Waals surface area (Å²) in [6.07, 6.45) is 0.549. The summed E-state index contributed by atoms with van der Waals surface area (Å²) >= 11 is 6.96. The van der Waals surface area contributed by atoms with Crippen molar-refractivity contribution in [3.63, 3.8) is 0 Å². The molecule has 7 nitrogen and oxygen atoms in total. The number of imide groups is 1. The molecule has 0 radical (unpaired) electrons. The molecule has 1 heterocycles. The van der Waals surface area contributed by atoms with E-state index < -0.39 is 28.4 Å². The first-order valence-corrected chi connectivity index (χ1v) is 11.8. The van der Waals surface area contributed by atoms with Crippen molar-refractivity contribution >= 4 is 51.9 Å². The van der Waals surface area contributed by atoms with E-state index in [-0.39, 0.29) is 31.1 Å². The molecule has 0 saturated carbocycles. The topological polar surface area (TPSA) is 84.0 Å². The molecule has 0 N–H and O–H groups in total. The number of hydroxylamine groups is 2.